The van der Waals surface area contributed by atoms with Crippen LogP contribution in [0, 0.1) is 5.92 Å². The van der Waals surface area contributed by atoms with Crippen LogP contribution in [0.1, 0.15) is 31.4 Å². The van der Waals surface area contributed by atoms with E-state index < -0.39 is 0 Å². The van der Waals surface area contributed by atoms with E-state index in [1.165, 1.54) is 18.9 Å². The maximum absolute atomic E-state index is 11.4. The van der Waals surface area contributed by atoms with Gasteiger partial charge in [0.2, 0.25) is 5.91 Å². The zero-order chi connectivity index (χ0) is 16.9. The first kappa shape index (κ1) is 16.2. The Balaban J connectivity index is 1.69. The number of ether oxygens (including phenoxy) is 1. The minimum atomic E-state index is -0.170. The van der Waals surface area contributed by atoms with Crippen LogP contribution in [0.15, 0.2) is 55.4 Å². The summed E-state index contributed by atoms with van der Waals surface area (Å²) in [4.78, 5) is 15.7. The molecule has 0 spiro atoms. The first-order valence-electron chi connectivity index (χ1n) is 8.27. The summed E-state index contributed by atoms with van der Waals surface area (Å²) in [5.41, 5.74) is 3.14. The van der Waals surface area contributed by atoms with Gasteiger partial charge in [0.15, 0.2) is 0 Å². The predicted molar refractivity (Wildman–Crippen MR) is 94.6 cm³/mol. The maximum atomic E-state index is 11.4. The fourth-order valence-electron chi connectivity index (χ4n) is 2.47. The Morgan fingerprint density at radius 2 is 2.08 bits per heavy atom. The number of hydrogen-bond acceptors (Lipinski definition) is 3. The summed E-state index contributed by atoms with van der Waals surface area (Å²) in [6.45, 7) is 6.20. The Morgan fingerprint density at radius 1 is 1.33 bits per heavy atom. The quantitative estimate of drug-likeness (QED) is 0.787. The highest BCUT2D eigenvalue weighted by Gasteiger charge is 2.21. The molecule has 1 atom stereocenters. The molecule has 4 nitrogen and oxygen atoms in total. The summed E-state index contributed by atoms with van der Waals surface area (Å²) in [6, 6.07) is 10.1. The molecule has 124 valence electrons. The van der Waals surface area contributed by atoms with Gasteiger partial charge >= 0.3 is 0 Å². The molecule has 1 aromatic carbocycles. The van der Waals surface area contributed by atoms with E-state index >= 15 is 0 Å². The van der Waals surface area contributed by atoms with Crippen molar-refractivity contribution in [2.45, 2.75) is 25.8 Å². The largest absolute Gasteiger partial charge is 0.492 e. The molecule has 1 amide bonds. The van der Waals surface area contributed by atoms with Crippen molar-refractivity contribution in [3.8, 4) is 16.9 Å². The van der Waals surface area contributed by atoms with E-state index in [2.05, 4.69) is 16.9 Å². The molecule has 0 aliphatic heterocycles. The van der Waals surface area contributed by atoms with Crippen molar-refractivity contribution in [2.24, 2.45) is 5.92 Å². The van der Waals surface area contributed by atoms with Gasteiger partial charge < -0.3 is 10.1 Å². The van der Waals surface area contributed by atoms with Crippen LogP contribution in [-0.2, 0) is 4.79 Å². The number of carbonyl (C=O) groups excluding carboxylic acids is 1. The van der Waals surface area contributed by atoms with Gasteiger partial charge in [-0.25, -0.2) is 0 Å². The van der Waals surface area contributed by atoms with Gasteiger partial charge in [0.1, 0.15) is 5.75 Å². The van der Waals surface area contributed by atoms with Gasteiger partial charge in [-0.05, 0) is 49.0 Å². The molecule has 0 radical (unpaired) electrons. The third kappa shape index (κ3) is 4.22. The van der Waals surface area contributed by atoms with Gasteiger partial charge in [0.05, 0.1) is 18.8 Å². The fourth-order valence-corrected chi connectivity index (χ4v) is 2.47. The summed E-state index contributed by atoms with van der Waals surface area (Å²) in [6.07, 6.45) is 7.42. The summed E-state index contributed by atoms with van der Waals surface area (Å²) in [5, 5.41) is 2.86. The van der Waals surface area contributed by atoms with Crippen LogP contribution >= 0.6 is 0 Å². The summed E-state index contributed by atoms with van der Waals surface area (Å²) >= 11 is 0. The van der Waals surface area contributed by atoms with Gasteiger partial charge in [-0.2, -0.15) is 0 Å². The normalized spacial score (nSPS) is 14.7. The van der Waals surface area contributed by atoms with Crippen molar-refractivity contribution in [3.05, 3.63) is 60.9 Å². The van der Waals surface area contributed by atoms with Gasteiger partial charge in [-0.3, -0.25) is 9.78 Å². The molecule has 24 heavy (non-hydrogen) atoms. The molecular formula is C20H22N2O2. The van der Waals surface area contributed by atoms with Crippen molar-refractivity contribution >= 4 is 5.91 Å². The molecule has 2 aromatic rings. The van der Waals surface area contributed by atoms with Gasteiger partial charge in [-0.1, -0.05) is 30.8 Å². The Kier molecular flexibility index (Phi) is 4.94. The van der Waals surface area contributed by atoms with E-state index in [1.54, 1.807) is 6.20 Å². The average Bonchev–Trinajstić information content (AvgIpc) is 3.44. The fraction of sp³-hybridized carbons (Fsp3) is 0.300. The third-order valence-corrected chi connectivity index (χ3v) is 4.18. The second-order valence-corrected chi connectivity index (χ2v) is 6.22. The van der Waals surface area contributed by atoms with Crippen LogP contribution in [0.4, 0.5) is 0 Å². The second-order valence-electron chi connectivity index (χ2n) is 6.22. The van der Waals surface area contributed by atoms with Gasteiger partial charge in [0.25, 0.3) is 0 Å². The number of nitrogens with zero attached hydrogens (tertiary/aromatic N) is 1. The van der Waals surface area contributed by atoms with E-state index in [0.717, 1.165) is 35.0 Å². The summed E-state index contributed by atoms with van der Waals surface area (Å²) in [7, 11) is 0. The number of carbonyl (C=O) groups is 1. The molecule has 0 saturated heterocycles. The van der Waals surface area contributed by atoms with Crippen LogP contribution in [0.2, 0.25) is 0 Å². The number of nitrogens with one attached hydrogen (secondary N) is 1. The molecule has 3 rings (SSSR count). The van der Waals surface area contributed by atoms with Gasteiger partial charge in [0, 0.05) is 11.8 Å². The monoisotopic (exact) mass is 322 g/mol. The number of rotatable bonds is 7. The SMILES string of the molecule is C=CC(=O)N[C@H](C)c1ccc(-c2cncc(OCC3CC3)c2)cc1. The molecule has 1 fully saturated rings. The topological polar surface area (TPSA) is 51.2 Å². The molecule has 4 heteroatoms. The number of amides is 1. The molecule has 1 N–H and O–H groups in total. The van der Waals surface area contributed by atoms with Crippen LogP contribution in [0.25, 0.3) is 11.1 Å². The molecule has 1 saturated carbocycles. The lowest BCUT2D eigenvalue weighted by molar-refractivity contribution is -0.117. The Hall–Kier alpha value is -2.62. The smallest absolute Gasteiger partial charge is 0.243 e. The molecule has 0 unspecified atom stereocenters. The van der Waals surface area contributed by atoms with Crippen LogP contribution in [0.5, 0.6) is 5.75 Å². The average molecular weight is 322 g/mol. The number of benzene rings is 1. The van der Waals surface area contributed by atoms with Crippen LogP contribution < -0.4 is 10.1 Å². The third-order valence-electron chi connectivity index (χ3n) is 4.18. The lowest BCUT2D eigenvalue weighted by Crippen LogP contribution is -2.24. The number of hydrogen-bond donors (Lipinski definition) is 1. The Morgan fingerprint density at radius 3 is 2.75 bits per heavy atom. The minimum Gasteiger partial charge on any atom is -0.492 e. The molecule has 0 bridgehead atoms. The second kappa shape index (κ2) is 7.30. The highest BCUT2D eigenvalue weighted by atomic mass is 16.5. The lowest BCUT2D eigenvalue weighted by atomic mass is 10.0. The lowest BCUT2D eigenvalue weighted by Gasteiger charge is -2.13. The molecule has 1 aliphatic carbocycles. The molecule has 1 aromatic heterocycles. The van der Waals surface area contributed by atoms with Crippen molar-refractivity contribution in [1.82, 2.24) is 10.3 Å². The maximum Gasteiger partial charge on any atom is 0.243 e. The predicted octanol–water partition coefficient (Wildman–Crippen LogP) is 3.90. The van der Waals surface area contributed by atoms with Crippen molar-refractivity contribution < 1.29 is 9.53 Å². The van der Waals surface area contributed by atoms with Crippen LogP contribution in [-0.4, -0.2) is 17.5 Å². The first-order chi connectivity index (χ1) is 11.7. The van der Waals surface area contributed by atoms with E-state index in [4.69, 9.17) is 4.74 Å². The Bertz CT molecular complexity index is 721. The standard InChI is InChI=1S/C20H22N2O2/c1-3-20(23)22-14(2)16-6-8-17(9-7-16)18-10-19(12-21-11-18)24-13-15-4-5-15/h3,6-12,14-15H,1,4-5,13H2,2H3,(H,22,23)/t14-/m1/s1. The Labute approximate surface area is 142 Å². The minimum absolute atomic E-state index is 0.0594. The highest BCUT2D eigenvalue weighted by Crippen LogP contribution is 2.30. The van der Waals surface area contributed by atoms with E-state index in [1.807, 2.05) is 43.5 Å². The van der Waals surface area contributed by atoms with Crippen molar-refractivity contribution in [1.29, 1.82) is 0 Å². The summed E-state index contributed by atoms with van der Waals surface area (Å²) in [5.74, 6) is 1.37. The molecular weight excluding hydrogens is 300 g/mol. The highest BCUT2D eigenvalue weighted by molar-refractivity contribution is 5.87. The molecule has 1 heterocycles. The van der Waals surface area contributed by atoms with Crippen molar-refractivity contribution in [3.63, 3.8) is 0 Å². The number of pyridine rings is 1. The number of aromatic nitrogens is 1. The molecule has 1 aliphatic rings. The zero-order valence-corrected chi connectivity index (χ0v) is 13.9. The first-order valence-corrected chi connectivity index (χ1v) is 8.27. The summed E-state index contributed by atoms with van der Waals surface area (Å²) < 4.78 is 5.79. The van der Waals surface area contributed by atoms with Crippen LogP contribution in [0.3, 0.4) is 0 Å². The van der Waals surface area contributed by atoms with E-state index in [-0.39, 0.29) is 11.9 Å². The van der Waals surface area contributed by atoms with Gasteiger partial charge in [-0.15, -0.1) is 0 Å². The van der Waals surface area contributed by atoms with Crippen molar-refractivity contribution in [2.75, 3.05) is 6.61 Å². The van der Waals surface area contributed by atoms with E-state index in [9.17, 15) is 4.79 Å². The van der Waals surface area contributed by atoms with E-state index in [0.29, 0.717) is 0 Å². The zero-order valence-electron chi connectivity index (χ0n) is 13.9.